The van der Waals surface area contributed by atoms with Crippen molar-refractivity contribution in [2.24, 2.45) is 0 Å². The van der Waals surface area contributed by atoms with Gasteiger partial charge >= 0.3 is 0 Å². The Morgan fingerprint density at radius 3 is 2.59 bits per heavy atom. The second kappa shape index (κ2) is 7.52. The van der Waals surface area contributed by atoms with E-state index in [-0.39, 0.29) is 0 Å². The molecule has 1 rings (SSSR count). The number of hydrogen-bond acceptors (Lipinski definition) is 4. The summed E-state index contributed by atoms with van der Waals surface area (Å²) in [6.07, 6.45) is 2.55. The van der Waals surface area contributed by atoms with Crippen LogP contribution in [0.25, 0.3) is 0 Å². The van der Waals surface area contributed by atoms with Gasteiger partial charge in [0.15, 0.2) is 0 Å². The monoisotopic (exact) mass is 269 g/mol. The van der Waals surface area contributed by atoms with E-state index >= 15 is 0 Å². The van der Waals surface area contributed by atoms with Crippen LogP contribution in [-0.4, -0.2) is 21.8 Å². The van der Waals surface area contributed by atoms with Gasteiger partial charge in [0.1, 0.15) is 11.1 Å². The average molecular weight is 270 g/mol. The third kappa shape index (κ3) is 3.58. The van der Waals surface area contributed by atoms with Gasteiger partial charge in [0, 0.05) is 11.6 Å². The topological polar surface area (TPSA) is 49.6 Å². The van der Waals surface area contributed by atoms with E-state index in [0.29, 0.717) is 11.4 Å². The van der Waals surface area contributed by atoms with Crippen molar-refractivity contribution in [3.63, 3.8) is 0 Å². The van der Waals surface area contributed by atoms with Crippen LogP contribution in [-0.2, 0) is 12.8 Å². The summed E-state index contributed by atoms with van der Waals surface area (Å²) in [5, 5.41) is 18.3. The highest BCUT2D eigenvalue weighted by Gasteiger charge is 2.14. The van der Waals surface area contributed by atoms with Gasteiger partial charge in [-0.05, 0) is 24.8 Å². The standard InChI is InChI=1S/C12H16ClN3S/c1-3-9-10(8-14)12(17-7-5-6-13)16-15-11(9)4-2/h3-7H2,1-2H3. The molecule has 0 atom stereocenters. The summed E-state index contributed by atoms with van der Waals surface area (Å²) in [5.74, 6) is 1.51. The van der Waals surface area contributed by atoms with Crippen molar-refractivity contribution < 1.29 is 0 Å². The van der Waals surface area contributed by atoms with Gasteiger partial charge in [0.25, 0.3) is 0 Å². The highest BCUT2D eigenvalue weighted by atomic mass is 35.5. The molecule has 92 valence electrons. The molecular weight excluding hydrogens is 254 g/mol. The minimum absolute atomic E-state index is 0.635. The van der Waals surface area contributed by atoms with Gasteiger partial charge in [-0.25, -0.2) is 0 Å². The first-order valence-corrected chi connectivity index (χ1v) is 7.27. The first-order chi connectivity index (χ1) is 8.28. The molecule has 0 aliphatic heterocycles. The Kier molecular flexibility index (Phi) is 6.31. The van der Waals surface area contributed by atoms with Gasteiger partial charge in [-0.3, -0.25) is 0 Å². The van der Waals surface area contributed by atoms with E-state index in [1.54, 1.807) is 11.8 Å². The van der Waals surface area contributed by atoms with Gasteiger partial charge in [-0.2, -0.15) is 10.4 Å². The molecule has 0 spiro atoms. The van der Waals surface area contributed by atoms with Crippen molar-refractivity contribution in [2.75, 3.05) is 11.6 Å². The highest BCUT2D eigenvalue weighted by molar-refractivity contribution is 7.99. The Morgan fingerprint density at radius 1 is 1.29 bits per heavy atom. The summed E-state index contributed by atoms with van der Waals surface area (Å²) in [6, 6.07) is 2.26. The summed E-state index contributed by atoms with van der Waals surface area (Å²) in [6.45, 7) is 4.08. The molecule has 17 heavy (non-hydrogen) atoms. The molecule has 3 nitrogen and oxygen atoms in total. The molecule has 0 bridgehead atoms. The molecule has 0 aliphatic rings. The molecule has 0 fully saturated rings. The Balaban J connectivity index is 3.02. The fraction of sp³-hybridized carbons (Fsp3) is 0.583. The van der Waals surface area contributed by atoms with Crippen molar-refractivity contribution in [1.82, 2.24) is 10.2 Å². The molecule has 5 heteroatoms. The van der Waals surface area contributed by atoms with E-state index in [9.17, 15) is 5.26 Å². The Labute approximate surface area is 112 Å². The summed E-state index contributed by atoms with van der Waals surface area (Å²) in [5.41, 5.74) is 2.67. The van der Waals surface area contributed by atoms with Crippen LogP contribution in [0.3, 0.4) is 0 Å². The number of aryl methyl sites for hydroxylation is 1. The molecule has 1 aromatic heterocycles. The zero-order chi connectivity index (χ0) is 12.7. The van der Waals surface area contributed by atoms with Crippen LogP contribution >= 0.6 is 23.4 Å². The van der Waals surface area contributed by atoms with Crippen molar-refractivity contribution in [1.29, 1.82) is 5.26 Å². The van der Waals surface area contributed by atoms with Crippen LogP contribution in [0.2, 0.25) is 0 Å². The maximum atomic E-state index is 9.25. The molecule has 0 aromatic carbocycles. The minimum atomic E-state index is 0.635. The molecule has 0 aliphatic carbocycles. The first-order valence-electron chi connectivity index (χ1n) is 5.75. The summed E-state index contributed by atoms with van der Waals surface area (Å²) >= 11 is 7.20. The Morgan fingerprint density at radius 2 is 2.06 bits per heavy atom. The molecule has 1 aromatic rings. The Bertz CT molecular complexity index is 415. The number of rotatable bonds is 6. The highest BCUT2D eigenvalue weighted by Crippen LogP contribution is 2.25. The average Bonchev–Trinajstić information content (AvgIpc) is 2.38. The van der Waals surface area contributed by atoms with Crippen LogP contribution in [0.1, 0.15) is 37.1 Å². The lowest BCUT2D eigenvalue weighted by atomic mass is 10.1. The zero-order valence-electron chi connectivity index (χ0n) is 10.2. The van der Waals surface area contributed by atoms with Crippen molar-refractivity contribution in [3.05, 3.63) is 16.8 Å². The van der Waals surface area contributed by atoms with Crippen molar-refractivity contribution >= 4 is 23.4 Å². The smallest absolute Gasteiger partial charge is 0.137 e. The van der Waals surface area contributed by atoms with Crippen LogP contribution in [0.4, 0.5) is 0 Å². The van der Waals surface area contributed by atoms with E-state index < -0.39 is 0 Å². The summed E-state index contributed by atoms with van der Waals surface area (Å²) < 4.78 is 0. The molecular formula is C12H16ClN3S. The third-order valence-corrected chi connectivity index (χ3v) is 3.76. The van der Waals surface area contributed by atoms with Crippen molar-refractivity contribution in [2.45, 2.75) is 38.1 Å². The minimum Gasteiger partial charge on any atom is -0.192 e. The molecule has 0 radical (unpaired) electrons. The van der Waals surface area contributed by atoms with Crippen LogP contribution < -0.4 is 0 Å². The maximum absolute atomic E-state index is 9.25. The SMILES string of the molecule is CCc1nnc(SCCCCl)c(C#N)c1CC. The molecule has 0 saturated heterocycles. The lowest BCUT2D eigenvalue weighted by Crippen LogP contribution is -2.04. The first kappa shape index (κ1) is 14.3. The zero-order valence-corrected chi connectivity index (χ0v) is 11.7. The van der Waals surface area contributed by atoms with Crippen LogP contribution in [0, 0.1) is 11.3 Å². The molecule has 0 amide bonds. The lowest BCUT2D eigenvalue weighted by molar-refractivity contribution is 0.817. The largest absolute Gasteiger partial charge is 0.192 e. The van der Waals surface area contributed by atoms with E-state index in [2.05, 4.69) is 16.3 Å². The quantitative estimate of drug-likeness (QED) is 0.452. The van der Waals surface area contributed by atoms with E-state index in [1.165, 1.54) is 0 Å². The second-order valence-electron chi connectivity index (χ2n) is 3.52. The van der Waals surface area contributed by atoms with Gasteiger partial charge < -0.3 is 0 Å². The predicted octanol–water partition coefficient (Wildman–Crippen LogP) is 3.19. The number of halogens is 1. The normalized spacial score (nSPS) is 10.2. The van der Waals surface area contributed by atoms with Crippen molar-refractivity contribution in [3.8, 4) is 6.07 Å². The maximum Gasteiger partial charge on any atom is 0.137 e. The Hall–Kier alpha value is -0.790. The number of thioether (sulfide) groups is 1. The van der Waals surface area contributed by atoms with Gasteiger partial charge in [0.2, 0.25) is 0 Å². The van der Waals surface area contributed by atoms with Crippen LogP contribution in [0.15, 0.2) is 5.03 Å². The molecule has 0 unspecified atom stereocenters. The summed E-state index contributed by atoms with van der Waals surface area (Å²) in [4.78, 5) is 0. The number of nitrogens with zero attached hydrogens (tertiary/aromatic N) is 3. The fourth-order valence-electron chi connectivity index (χ4n) is 1.59. The summed E-state index contributed by atoms with van der Waals surface area (Å²) in [7, 11) is 0. The van der Waals surface area contributed by atoms with Gasteiger partial charge in [0.05, 0.1) is 11.3 Å². The second-order valence-corrected chi connectivity index (χ2v) is 4.98. The number of aromatic nitrogens is 2. The number of nitriles is 1. The van der Waals surface area contributed by atoms with Gasteiger partial charge in [-0.15, -0.1) is 28.5 Å². The molecule has 0 N–H and O–H groups in total. The van der Waals surface area contributed by atoms with E-state index in [1.807, 2.05) is 13.8 Å². The third-order valence-electron chi connectivity index (χ3n) is 2.44. The van der Waals surface area contributed by atoms with E-state index in [0.717, 1.165) is 41.3 Å². The lowest BCUT2D eigenvalue weighted by Gasteiger charge is -2.09. The van der Waals surface area contributed by atoms with Crippen LogP contribution in [0.5, 0.6) is 0 Å². The molecule has 0 saturated carbocycles. The van der Waals surface area contributed by atoms with Gasteiger partial charge in [-0.1, -0.05) is 13.8 Å². The fourth-order valence-corrected chi connectivity index (χ4v) is 2.78. The number of alkyl halides is 1. The number of hydrogen-bond donors (Lipinski definition) is 0. The molecule has 1 heterocycles. The predicted molar refractivity (Wildman–Crippen MR) is 71.6 cm³/mol. The van der Waals surface area contributed by atoms with E-state index in [4.69, 9.17) is 11.6 Å².